The number of fused-ring (bicyclic) bond motifs is 2. The van der Waals surface area contributed by atoms with E-state index in [4.69, 9.17) is 9.47 Å². The molecule has 0 saturated carbocycles. The molecule has 9 heteroatoms. The van der Waals surface area contributed by atoms with E-state index in [-0.39, 0.29) is 12.3 Å². The Morgan fingerprint density at radius 2 is 1.80 bits per heavy atom. The van der Waals surface area contributed by atoms with Crippen molar-refractivity contribution in [3.05, 3.63) is 92.7 Å². The van der Waals surface area contributed by atoms with Gasteiger partial charge in [0, 0.05) is 59.5 Å². The normalized spacial score (nSPS) is 14.2. The number of hydrogen-bond acceptors (Lipinski definition) is 8. The van der Waals surface area contributed by atoms with Gasteiger partial charge < -0.3 is 14.4 Å². The Kier molecular flexibility index (Phi) is 8.13. The highest BCUT2D eigenvalue weighted by atomic mass is 32.1. The van der Waals surface area contributed by atoms with Crippen LogP contribution in [0.5, 0.6) is 5.75 Å². The number of nitrogens with zero attached hydrogens (tertiary/aromatic N) is 3. The fraction of sp³-hybridized carbons (Fsp3) is 0.290. The van der Waals surface area contributed by atoms with E-state index in [0.29, 0.717) is 23.4 Å². The fourth-order valence-electron chi connectivity index (χ4n) is 5.17. The minimum atomic E-state index is -0.446. The summed E-state index contributed by atoms with van der Waals surface area (Å²) in [5, 5.41) is 7.97. The monoisotopic (exact) mass is 573 g/mol. The van der Waals surface area contributed by atoms with Crippen molar-refractivity contribution < 1.29 is 14.3 Å². The molecule has 0 radical (unpaired) electrons. The van der Waals surface area contributed by atoms with Crippen molar-refractivity contribution in [2.75, 3.05) is 44.2 Å². The van der Waals surface area contributed by atoms with Crippen LogP contribution in [0.2, 0.25) is 0 Å². The summed E-state index contributed by atoms with van der Waals surface area (Å²) < 4.78 is 14.3. The van der Waals surface area contributed by atoms with Gasteiger partial charge in [0.1, 0.15) is 5.75 Å². The van der Waals surface area contributed by atoms with Crippen LogP contribution in [0.15, 0.2) is 81.6 Å². The van der Waals surface area contributed by atoms with Crippen LogP contribution >= 0.6 is 22.7 Å². The quantitative estimate of drug-likeness (QED) is 0.149. The second-order valence-corrected chi connectivity index (χ2v) is 11.6. The van der Waals surface area contributed by atoms with E-state index < -0.39 is 5.97 Å². The summed E-state index contributed by atoms with van der Waals surface area (Å²) in [6, 6.07) is 19.5. The first-order chi connectivity index (χ1) is 19.7. The molecule has 3 aromatic heterocycles. The molecule has 0 bridgehead atoms. The van der Waals surface area contributed by atoms with Gasteiger partial charge in [-0.3, -0.25) is 14.3 Å². The van der Waals surface area contributed by atoms with Crippen LogP contribution in [0, 0.1) is 0 Å². The Morgan fingerprint density at radius 1 is 0.925 bits per heavy atom. The van der Waals surface area contributed by atoms with Gasteiger partial charge in [0.05, 0.1) is 17.7 Å². The van der Waals surface area contributed by atoms with Crippen molar-refractivity contribution in [1.82, 2.24) is 9.47 Å². The summed E-state index contributed by atoms with van der Waals surface area (Å²) in [6.45, 7) is 5.76. The third-order valence-electron chi connectivity index (χ3n) is 7.37. The molecule has 0 spiro atoms. The number of esters is 1. The summed E-state index contributed by atoms with van der Waals surface area (Å²) in [5.41, 5.74) is 2.29. The summed E-state index contributed by atoms with van der Waals surface area (Å²) in [6.07, 6.45) is 2.02. The van der Waals surface area contributed by atoms with Crippen molar-refractivity contribution in [1.29, 1.82) is 0 Å². The molecule has 1 aliphatic rings. The number of anilines is 1. The summed E-state index contributed by atoms with van der Waals surface area (Å²) in [4.78, 5) is 29.9. The number of benzene rings is 2. The van der Waals surface area contributed by atoms with Crippen molar-refractivity contribution in [2.45, 2.75) is 19.6 Å². The second kappa shape index (κ2) is 12.2. The number of thiophene rings is 2. The van der Waals surface area contributed by atoms with Gasteiger partial charge in [-0.25, -0.2) is 4.79 Å². The van der Waals surface area contributed by atoms with Crippen molar-refractivity contribution in [3.63, 3.8) is 0 Å². The van der Waals surface area contributed by atoms with E-state index in [9.17, 15) is 9.59 Å². The minimum absolute atomic E-state index is 0.149. The third kappa shape index (κ3) is 5.91. The van der Waals surface area contributed by atoms with E-state index in [1.54, 1.807) is 28.8 Å². The van der Waals surface area contributed by atoms with Crippen LogP contribution < -0.4 is 15.2 Å². The van der Waals surface area contributed by atoms with Crippen LogP contribution in [0.25, 0.3) is 21.0 Å². The third-order valence-corrected chi connectivity index (χ3v) is 8.93. The topological polar surface area (TPSA) is 64.0 Å². The number of piperazine rings is 1. The molecule has 40 heavy (non-hydrogen) atoms. The molecule has 0 aliphatic carbocycles. The smallest absolute Gasteiger partial charge is 0.340 e. The van der Waals surface area contributed by atoms with Gasteiger partial charge in [-0.1, -0.05) is 6.07 Å². The average Bonchev–Trinajstić information content (AvgIpc) is 3.70. The number of carbonyl (C=O) groups excluding carboxylic acids is 1. The van der Waals surface area contributed by atoms with Crippen LogP contribution in [0.1, 0.15) is 23.2 Å². The van der Waals surface area contributed by atoms with E-state index in [1.165, 1.54) is 37.7 Å². The van der Waals surface area contributed by atoms with E-state index in [2.05, 4.69) is 39.4 Å². The predicted octanol–water partition coefficient (Wildman–Crippen LogP) is 6.07. The van der Waals surface area contributed by atoms with Crippen molar-refractivity contribution in [3.8, 4) is 5.75 Å². The standard InChI is InChI=1S/C31H31N3O4S2/c35-30-9-7-23-6-8-25(20-28(23)34(30)22-38-31(36)24-10-18-39-21-24)37-17-2-1-12-32-13-15-33(16-14-32)27-4-3-5-29-26(27)11-19-40-29/h3-11,18-21H,1-2,12-17,22H2. The molecule has 4 heterocycles. The lowest BCUT2D eigenvalue weighted by Gasteiger charge is -2.36. The first-order valence-electron chi connectivity index (χ1n) is 13.5. The van der Waals surface area contributed by atoms with E-state index in [1.807, 2.05) is 23.6 Å². The number of pyridine rings is 1. The molecule has 0 unspecified atom stereocenters. The molecule has 0 atom stereocenters. The van der Waals surface area contributed by atoms with Gasteiger partial charge in [0.15, 0.2) is 6.73 Å². The fourth-order valence-corrected chi connectivity index (χ4v) is 6.60. The first kappa shape index (κ1) is 26.6. The average molecular weight is 574 g/mol. The molecule has 206 valence electrons. The Hall–Kier alpha value is -3.66. The van der Waals surface area contributed by atoms with E-state index >= 15 is 0 Å². The Labute approximate surface area is 240 Å². The van der Waals surface area contributed by atoms with Crippen molar-refractivity contribution in [2.24, 2.45) is 0 Å². The van der Waals surface area contributed by atoms with Gasteiger partial charge in [0.2, 0.25) is 0 Å². The summed E-state index contributed by atoms with van der Waals surface area (Å²) in [5.74, 6) is 0.256. The number of carbonyl (C=O) groups is 1. The SMILES string of the molecule is O=C(OCn1c(=O)ccc2ccc(OCCCCN3CCN(c4cccc5sccc45)CC3)cc21)c1ccsc1. The van der Waals surface area contributed by atoms with Crippen LogP contribution in [-0.4, -0.2) is 54.8 Å². The number of aromatic nitrogens is 1. The lowest BCUT2D eigenvalue weighted by Crippen LogP contribution is -2.46. The number of hydrogen-bond donors (Lipinski definition) is 0. The lowest BCUT2D eigenvalue weighted by atomic mass is 10.2. The largest absolute Gasteiger partial charge is 0.494 e. The number of unbranched alkanes of at least 4 members (excludes halogenated alkanes) is 1. The van der Waals surface area contributed by atoms with Gasteiger partial charge in [-0.15, -0.1) is 11.3 Å². The molecule has 2 aromatic carbocycles. The highest BCUT2D eigenvalue weighted by molar-refractivity contribution is 7.17. The number of ether oxygens (including phenoxy) is 2. The zero-order valence-electron chi connectivity index (χ0n) is 22.2. The van der Waals surface area contributed by atoms with Gasteiger partial charge >= 0.3 is 5.97 Å². The second-order valence-electron chi connectivity index (χ2n) is 9.89. The van der Waals surface area contributed by atoms with Gasteiger partial charge in [-0.2, -0.15) is 11.3 Å². The van der Waals surface area contributed by atoms with Gasteiger partial charge in [-0.05, 0) is 78.0 Å². The Morgan fingerprint density at radius 3 is 2.65 bits per heavy atom. The first-order valence-corrected chi connectivity index (χ1v) is 15.4. The van der Waals surface area contributed by atoms with Gasteiger partial charge in [0.25, 0.3) is 5.56 Å². The maximum absolute atomic E-state index is 12.6. The van der Waals surface area contributed by atoms with E-state index in [0.717, 1.165) is 51.0 Å². The number of rotatable bonds is 10. The van der Waals surface area contributed by atoms with Crippen LogP contribution in [0.3, 0.4) is 0 Å². The minimum Gasteiger partial charge on any atom is -0.494 e. The molecule has 1 saturated heterocycles. The molecule has 6 rings (SSSR count). The highest BCUT2D eigenvalue weighted by Crippen LogP contribution is 2.31. The highest BCUT2D eigenvalue weighted by Gasteiger charge is 2.18. The van der Waals surface area contributed by atoms with Crippen LogP contribution in [-0.2, 0) is 11.5 Å². The zero-order valence-corrected chi connectivity index (χ0v) is 23.8. The molecule has 1 fully saturated rings. The lowest BCUT2D eigenvalue weighted by molar-refractivity contribution is 0.0374. The molecular weight excluding hydrogens is 542 g/mol. The van der Waals surface area contributed by atoms with Crippen molar-refractivity contribution >= 4 is 55.3 Å². The Balaban J connectivity index is 0.979. The predicted molar refractivity (Wildman–Crippen MR) is 163 cm³/mol. The molecule has 0 N–H and O–H groups in total. The molecule has 7 nitrogen and oxygen atoms in total. The maximum atomic E-state index is 12.6. The van der Waals surface area contributed by atoms with Crippen LogP contribution in [0.4, 0.5) is 5.69 Å². The summed E-state index contributed by atoms with van der Waals surface area (Å²) in [7, 11) is 0. The Bertz CT molecular complexity index is 1650. The molecule has 5 aromatic rings. The molecule has 1 aliphatic heterocycles. The summed E-state index contributed by atoms with van der Waals surface area (Å²) >= 11 is 3.23. The zero-order chi connectivity index (χ0) is 27.3. The maximum Gasteiger partial charge on any atom is 0.340 e. The molecular formula is C31H31N3O4S2. The molecule has 0 amide bonds.